The van der Waals surface area contributed by atoms with E-state index in [-0.39, 0.29) is 31.2 Å². The van der Waals surface area contributed by atoms with E-state index in [9.17, 15) is 18.0 Å². The molecule has 2 heterocycles. The third kappa shape index (κ3) is 6.46. The second-order valence-corrected chi connectivity index (χ2v) is 6.07. The monoisotopic (exact) mass is 403 g/mol. The van der Waals surface area contributed by atoms with E-state index in [1.54, 1.807) is 11.8 Å². The molecule has 28 heavy (non-hydrogen) atoms. The first kappa shape index (κ1) is 21.6. The fourth-order valence-electron chi connectivity index (χ4n) is 2.71. The van der Waals surface area contributed by atoms with Crippen molar-refractivity contribution in [3.05, 3.63) is 23.9 Å². The van der Waals surface area contributed by atoms with Gasteiger partial charge < -0.3 is 25.4 Å². The van der Waals surface area contributed by atoms with E-state index in [0.717, 1.165) is 6.07 Å². The first-order valence-electron chi connectivity index (χ1n) is 8.94. The molecule has 156 valence electrons. The van der Waals surface area contributed by atoms with Crippen LogP contribution in [0, 0.1) is 0 Å². The first-order valence-corrected chi connectivity index (χ1v) is 8.94. The number of nitrogens with two attached hydrogens (primary N) is 1. The molecular weight excluding hydrogens is 379 g/mol. The topological polar surface area (TPSA) is 102 Å². The lowest BCUT2D eigenvalue weighted by Crippen LogP contribution is -2.48. The Kier molecular flexibility index (Phi) is 7.70. The molecule has 3 N–H and O–H groups in total. The van der Waals surface area contributed by atoms with Crippen LogP contribution in [0.3, 0.4) is 0 Å². The normalized spacial score (nSPS) is 16.0. The molecular formula is C17H24F3N5O3. The number of amides is 1. The standard InChI is InChI=1S/C17H24F3N5O3/c1-2-27-16(26)25-9-5-12(6-10-25)24-15(21)23-8-11-28-14-13(17(18,19)20)4-3-7-22-14/h3-4,7,12H,2,5-6,8-11H2,1H3,(H3,21,23,24). The van der Waals surface area contributed by atoms with E-state index in [0.29, 0.717) is 32.5 Å². The van der Waals surface area contributed by atoms with Crippen molar-refractivity contribution in [2.45, 2.75) is 32.0 Å². The van der Waals surface area contributed by atoms with Gasteiger partial charge in [-0.15, -0.1) is 0 Å². The van der Waals surface area contributed by atoms with Crippen molar-refractivity contribution in [1.29, 1.82) is 0 Å². The summed E-state index contributed by atoms with van der Waals surface area (Å²) in [7, 11) is 0. The largest absolute Gasteiger partial charge is 0.475 e. The third-order valence-corrected chi connectivity index (χ3v) is 4.06. The average Bonchev–Trinajstić information content (AvgIpc) is 2.65. The number of guanidine groups is 1. The summed E-state index contributed by atoms with van der Waals surface area (Å²) in [6.07, 6.45) is -2.26. The minimum atomic E-state index is -4.54. The number of carbonyl (C=O) groups excluding carboxylic acids is 1. The number of hydrogen-bond donors (Lipinski definition) is 2. The van der Waals surface area contributed by atoms with Crippen LogP contribution in [0.2, 0.25) is 0 Å². The Morgan fingerprint density at radius 3 is 2.79 bits per heavy atom. The van der Waals surface area contributed by atoms with Gasteiger partial charge in [-0.25, -0.2) is 14.8 Å². The lowest BCUT2D eigenvalue weighted by atomic mass is 10.1. The highest BCUT2D eigenvalue weighted by Crippen LogP contribution is 2.34. The Morgan fingerprint density at radius 1 is 1.43 bits per heavy atom. The van der Waals surface area contributed by atoms with Gasteiger partial charge >= 0.3 is 12.3 Å². The minimum absolute atomic E-state index is 0.0583. The van der Waals surface area contributed by atoms with Crippen molar-refractivity contribution >= 4 is 12.1 Å². The van der Waals surface area contributed by atoms with E-state index in [1.807, 2.05) is 0 Å². The number of pyridine rings is 1. The first-order chi connectivity index (χ1) is 13.3. The van der Waals surface area contributed by atoms with Crippen LogP contribution in [0.1, 0.15) is 25.3 Å². The Morgan fingerprint density at radius 2 is 2.14 bits per heavy atom. The Hall–Kier alpha value is -2.72. The number of ether oxygens (including phenoxy) is 2. The number of piperidine rings is 1. The van der Waals surface area contributed by atoms with Crippen LogP contribution in [-0.4, -0.2) is 60.8 Å². The maximum absolute atomic E-state index is 12.9. The van der Waals surface area contributed by atoms with Crippen molar-refractivity contribution in [3.8, 4) is 5.88 Å². The Labute approximate surface area is 160 Å². The molecule has 2 rings (SSSR count). The van der Waals surface area contributed by atoms with Gasteiger partial charge in [0.2, 0.25) is 5.88 Å². The fourth-order valence-corrected chi connectivity index (χ4v) is 2.71. The van der Waals surface area contributed by atoms with Gasteiger partial charge in [0.15, 0.2) is 5.96 Å². The number of carbonyl (C=O) groups is 1. The number of aromatic nitrogens is 1. The molecule has 0 saturated carbocycles. The van der Waals surface area contributed by atoms with Crippen LogP contribution in [0.15, 0.2) is 23.3 Å². The van der Waals surface area contributed by atoms with E-state index in [2.05, 4.69) is 15.3 Å². The van der Waals surface area contributed by atoms with Gasteiger partial charge in [0.1, 0.15) is 12.2 Å². The van der Waals surface area contributed by atoms with Crippen molar-refractivity contribution in [2.24, 2.45) is 10.7 Å². The number of rotatable bonds is 6. The molecule has 0 spiro atoms. The molecule has 1 fully saturated rings. The third-order valence-electron chi connectivity index (χ3n) is 4.06. The highest BCUT2D eigenvalue weighted by molar-refractivity contribution is 5.78. The summed E-state index contributed by atoms with van der Waals surface area (Å²) in [5, 5.41) is 3.04. The SMILES string of the molecule is CCOC(=O)N1CCC(NC(N)=NCCOc2ncccc2C(F)(F)F)CC1. The molecule has 1 aliphatic heterocycles. The summed E-state index contributed by atoms with van der Waals surface area (Å²) in [5.74, 6) is -0.307. The zero-order valence-electron chi connectivity index (χ0n) is 15.5. The molecule has 0 unspecified atom stereocenters. The summed E-state index contributed by atoms with van der Waals surface area (Å²) in [6.45, 7) is 3.17. The molecule has 0 radical (unpaired) electrons. The maximum atomic E-state index is 12.9. The van der Waals surface area contributed by atoms with Crippen LogP contribution in [0.25, 0.3) is 0 Å². The lowest BCUT2D eigenvalue weighted by molar-refractivity contribution is -0.139. The van der Waals surface area contributed by atoms with Gasteiger partial charge in [0, 0.05) is 25.3 Å². The smallest absolute Gasteiger partial charge is 0.421 e. The van der Waals surface area contributed by atoms with Crippen LogP contribution >= 0.6 is 0 Å². The van der Waals surface area contributed by atoms with Crippen LogP contribution < -0.4 is 15.8 Å². The van der Waals surface area contributed by atoms with E-state index in [1.165, 1.54) is 12.3 Å². The molecule has 11 heteroatoms. The molecule has 1 amide bonds. The molecule has 1 saturated heterocycles. The van der Waals surface area contributed by atoms with Crippen molar-refractivity contribution in [3.63, 3.8) is 0 Å². The highest BCUT2D eigenvalue weighted by atomic mass is 19.4. The second kappa shape index (κ2) is 10.00. The summed E-state index contributed by atoms with van der Waals surface area (Å²) in [6, 6.07) is 2.16. The molecule has 0 aromatic carbocycles. The van der Waals surface area contributed by atoms with Crippen molar-refractivity contribution in [2.75, 3.05) is 32.8 Å². The number of aliphatic imine (C=N–C) groups is 1. The fraction of sp³-hybridized carbons (Fsp3) is 0.588. The van der Waals surface area contributed by atoms with Gasteiger partial charge in [-0.05, 0) is 31.9 Å². The predicted molar refractivity (Wildman–Crippen MR) is 96.0 cm³/mol. The van der Waals surface area contributed by atoms with Gasteiger partial charge in [0.25, 0.3) is 0 Å². The molecule has 8 nitrogen and oxygen atoms in total. The molecule has 1 aromatic heterocycles. The Balaban J connectivity index is 1.74. The van der Waals surface area contributed by atoms with Gasteiger partial charge in [0.05, 0.1) is 13.2 Å². The zero-order valence-corrected chi connectivity index (χ0v) is 15.5. The minimum Gasteiger partial charge on any atom is -0.475 e. The molecule has 1 aliphatic rings. The van der Waals surface area contributed by atoms with Gasteiger partial charge in [-0.2, -0.15) is 13.2 Å². The summed E-state index contributed by atoms with van der Waals surface area (Å²) >= 11 is 0. The second-order valence-electron chi connectivity index (χ2n) is 6.07. The molecule has 1 aromatic rings. The number of alkyl halides is 3. The van der Waals surface area contributed by atoms with E-state index < -0.39 is 17.6 Å². The van der Waals surface area contributed by atoms with E-state index >= 15 is 0 Å². The van der Waals surface area contributed by atoms with Crippen LogP contribution in [-0.2, 0) is 10.9 Å². The maximum Gasteiger partial charge on any atom is 0.421 e. The number of nitrogens with zero attached hydrogens (tertiary/aromatic N) is 3. The summed E-state index contributed by atoms with van der Waals surface area (Å²) in [4.78, 5) is 20.9. The van der Waals surface area contributed by atoms with Crippen molar-refractivity contribution < 1.29 is 27.4 Å². The summed E-state index contributed by atoms with van der Waals surface area (Å²) in [5.41, 5.74) is 4.88. The summed E-state index contributed by atoms with van der Waals surface area (Å²) < 4.78 is 48.6. The quantitative estimate of drug-likeness (QED) is 0.428. The number of halogens is 3. The van der Waals surface area contributed by atoms with Crippen molar-refractivity contribution in [1.82, 2.24) is 15.2 Å². The number of nitrogens with one attached hydrogen (secondary N) is 1. The number of likely N-dealkylation sites (tertiary alicyclic amines) is 1. The van der Waals surface area contributed by atoms with E-state index in [4.69, 9.17) is 15.2 Å². The zero-order chi connectivity index (χ0) is 20.6. The Bertz CT molecular complexity index is 676. The lowest BCUT2D eigenvalue weighted by Gasteiger charge is -2.31. The molecule has 0 atom stereocenters. The van der Waals surface area contributed by atoms with Gasteiger partial charge in [-0.1, -0.05) is 0 Å². The average molecular weight is 403 g/mol. The predicted octanol–water partition coefficient (Wildman–Crippen LogP) is 2.00. The molecule has 0 aliphatic carbocycles. The number of hydrogen-bond acceptors (Lipinski definition) is 5. The van der Waals surface area contributed by atoms with Crippen LogP contribution in [0.5, 0.6) is 5.88 Å². The highest BCUT2D eigenvalue weighted by Gasteiger charge is 2.35. The molecule has 0 bridgehead atoms. The van der Waals surface area contributed by atoms with Crippen LogP contribution in [0.4, 0.5) is 18.0 Å². The van der Waals surface area contributed by atoms with Gasteiger partial charge in [-0.3, -0.25) is 0 Å².